The molecule has 0 saturated heterocycles. The van der Waals surface area contributed by atoms with Crippen molar-refractivity contribution in [3.05, 3.63) is 36.0 Å². The van der Waals surface area contributed by atoms with Crippen LogP contribution in [-0.4, -0.2) is 51.3 Å². The van der Waals surface area contributed by atoms with Crippen LogP contribution in [0.4, 0.5) is 0 Å². The minimum absolute atomic E-state index is 0.146. The Morgan fingerprint density at radius 3 is 2.81 bits per heavy atom. The number of tetrazole rings is 1. The van der Waals surface area contributed by atoms with Gasteiger partial charge in [-0.05, 0) is 17.3 Å². The lowest BCUT2D eigenvalue weighted by Gasteiger charge is -2.04. The number of rotatable bonds is 4. The Kier molecular flexibility index (Phi) is 3.10. The second-order valence-corrected chi connectivity index (χ2v) is 4.19. The van der Waals surface area contributed by atoms with Crippen LogP contribution in [0, 0.1) is 0 Å². The monoisotopic (exact) mass is 286 g/mol. The second kappa shape index (κ2) is 5.07. The highest BCUT2D eigenvalue weighted by atomic mass is 16.4. The zero-order valence-corrected chi connectivity index (χ0v) is 10.9. The number of aromatic carboxylic acids is 1. The van der Waals surface area contributed by atoms with Crippen molar-refractivity contribution in [2.24, 2.45) is 7.05 Å². The molecule has 0 spiro atoms. The molecule has 0 radical (unpaired) electrons. The second-order valence-electron chi connectivity index (χ2n) is 4.19. The lowest BCUT2D eigenvalue weighted by Crippen LogP contribution is -2.08. The molecular formula is C11H10N8O2. The third kappa shape index (κ3) is 2.45. The van der Waals surface area contributed by atoms with E-state index in [1.165, 1.54) is 9.48 Å². The van der Waals surface area contributed by atoms with E-state index in [1.54, 1.807) is 31.6 Å². The van der Waals surface area contributed by atoms with Crippen molar-refractivity contribution in [3.63, 3.8) is 0 Å². The minimum Gasteiger partial charge on any atom is -0.476 e. The molecule has 0 aliphatic rings. The Morgan fingerprint density at radius 2 is 2.19 bits per heavy atom. The van der Waals surface area contributed by atoms with Gasteiger partial charge in [0.05, 0.1) is 7.05 Å². The fourth-order valence-corrected chi connectivity index (χ4v) is 1.88. The van der Waals surface area contributed by atoms with E-state index >= 15 is 0 Å². The summed E-state index contributed by atoms with van der Waals surface area (Å²) in [5, 5.41) is 28.4. The Labute approximate surface area is 118 Å². The maximum Gasteiger partial charge on any atom is 0.358 e. The lowest BCUT2D eigenvalue weighted by molar-refractivity contribution is 0.0691. The van der Waals surface area contributed by atoms with E-state index in [2.05, 4.69) is 30.7 Å². The first-order chi connectivity index (χ1) is 10.1. The molecule has 10 nitrogen and oxygen atoms in total. The van der Waals surface area contributed by atoms with Crippen molar-refractivity contribution >= 4 is 5.97 Å². The minimum atomic E-state index is -1.16. The summed E-state index contributed by atoms with van der Waals surface area (Å²) < 4.78 is 1.41. The summed E-state index contributed by atoms with van der Waals surface area (Å²) in [5.41, 5.74) is 0.804. The predicted molar refractivity (Wildman–Crippen MR) is 68.1 cm³/mol. The van der Waals surface area contributed by atoms with Crippen LogP contribution in [0.5, 0.6) is 0 Å². The summed E-state index contributed by atoms with van der Waals surface area (Å²) >= 11 is 0. The van der Waals surface area contributed by atoms with Crippen LogP contribution in [0.2, 0.25) is 0 Å². The van der Waals surface area contributed by atoms with Gasteiger partial charge in [0.25, 0.3) is 0 Å². The van der Waals surface area contributed by atoms with E-state index in [0.29, 0.717) is 17.1 Å². The zero-order valence-electron chi connectivity index (χ0n) is 10.9. The van der Waals surface area contributed by atoms with Gasteiger partial charge in [-0.3, -0.25) is 4.98 Å². The van der Waals surface area contributed by atoms with Crippen LogP contribution in [0.3, 0.4) is 0 Å². The van der Waals surface area contributed by atoms with Gasteiger partial charge in [-0.1, -0.05) is 5.21 Å². The Morgan fingerprint density at radius 1 is 1.33 bits per heavy atom. The fourth-order valence-electron chi connectivity index (χ4n) is 1.88. The number of carboxylic acids is 1. The van der Waals surface area contributed by atoms with E-state index in [0.717, 1.165) is 0 Å². The number of hydrogen-bond acceptors (Lipinski definition) is 7. The van der Waals surface area contributed by atoms with Gasteiger partial charge in [-0.2, -0.15) is 4.80 Å². The van der Waals surface area contributed by atoms with Gasteiger partial charge in [-0.15, -0.1) is 15.3 Å². The molecule has 0 aliphatic heterocycles. The Hall–Kier alpha value is -3.17. The maximum absolute atomic E-state index is 11.3. The first-order valence-electron chi connectivity index (χ1n) is 5.95. The average Bonchev–Trinajstić information content (AvgIpc) is 3.07. The van der Waals surface area contributed by atoms with Crippen LogP contribution in [0.15, 0.2) is 24.5 Å². The Bertz CT molecular complexity index is 779. The van der Waals surface area contributed by atoms with Crippen LogP contribution in [0.1, 0.15) is 16.3 Å². The average molecular weight is 286 g/mol. The van der Waals surface area contributed by atoms with Gasteiger partial charge in [0, 0.05) is 18.0 Å². The van der Waals surface area contributed by atoms with Crippen molar-refractivity contribution in [3.8, 4) is 11.3 Å². The molecule has 3 heterocycles. The van der Waals surface area contributed by atoms with Crippen molar-refractivity contribution in [2.75, 3.05) is 0 Å². The van der Waals surface area contributed by atoms with Crippen LogP contribution in [0.25, 0.3) is 11.3 Å². The van der Waals surface area contributed by atoms with Gasteiger partial charge >= 0.3 is 5.97 Å². The molecule has 1 N–H and O–H groups in total. The number of aromatic nitrogens is 8. The molecule has 106 valence electrons. The fraction of sp³-hybridized carbons (Fsp3) is 0.182. The third-order valence-electron chi connectivity index (χ3n) is 2.71. The number of carboxylic acid groups (broad SMARTS) is 1. The maximum atomic E-state index is 11.3. The van der Waals surface area contributed by atoms with Gasteiger partial charge < -0.3 is 5.11 Å². The van der Waals surface area contributed by atoms with E-state index in [9.17, 15) is 9.90 Å². The molecule has 0 unspecified atom stereocenters. The lowest BCUT2D eigenvalue weighted by atomic mass is 10.1. The molecule has 0 atom stereocenters. The topological polar surface area (TPSA) is 125 Å². The largest absolute Gasteiger partial charge is 0.476 e. The number of aryl methyl sites for hydroxylation is 1. The van der Waals surface area contributed by atoms with Crippen molar-refractivity contribution in [1.82, 2.24) is 40.2 Å². The molecule has 0 saturated carbocycles. The zero-order chi connectivity index (χ0) is 14.8. The predicted octanol–water partition coefficient (Wildman–Crippen LogP) is -0.390. The quantitative estimate of drug-likeness (QED) is 0.687. The standard InChI is InChI=1S/C11H10N8O2/c1-18-15-8(13-16-18)6-19-10(7-3-2-4-12-5-7)9(11(20)21)14-17-19/h2-5H,6H2,1H3,(H,20,21). The number of pyridine rings is 1. The first kappa shape index (κ1) is 12.8. The van der Waals surface area contributed by atoms with Gasteiger partial charge in [-0.25, -0.2) is 9.48 Å². The number of carbonyl (C=O) groups is 1. The molecule has 21 heavy (non-hydrogen) atoms. The SMILES string of the molecule is Cn1nnc(Cn2nnc(C(=O)O)c2-c2cccnc2)n1. The highest BCUT2D eigenvalue weighted by Gasteiger charge is 2.21. The summed E-state index contributed by atoms with van der Waals surface area (Å²) in [4.78, 5) is 16.6. The summed E-state index contributed by atoms with van der Waals surface area (Å²) in [7, 11) is 1.64. The molecule has 0 amide bonds. The molecule has 0 fully saturated rings. The van der Waals surface area contributed by atoms with Crippen LogP contribution < -0.4 is 0 Å². The van der Waals surface area contributed by atoms with Gasteiger partial charge in [0.2, 0.25) is 0 Å². The molecule has 3 rings (SSSR count). The first-order valence-corrected chi connectivity index (χ1v) is 5.95. The summed E-state index contributed by atoms with van der Waals surface area (Å²) in [6, 6.07) is 3.44. The smallest absolute Gasteiger partial charge is 0.358 e. The van der Waals surface area contributed by atoms with Gasteiger partial charge in [0.15, 0.2) is 11.5 Å². The van der Waals surface area contributed by atoms with Crippen LogP contribution >= 0.6 is 0 Å². The van der Waals surface area contributed by atoms with Gasteiger partial charge in [0.1, 0.15) is 12.2 Å². The summed E-state index contributed by atoms with van der Waals surface area (Å²) in [6.07, 6.45) is 3.15. The third-order valence-corrected chi connectivity index (χ3v) is 2.71. The van der Waals surface area contributed by atoms with Crippen LogP contribution in [-0.2, 0) is 13.6 Å². The van der Waals surface area contributed by atoms with Crippen molar-refractivity contribution < 1.29 is 9.90 Å². The molecule has 10 heteroatoms. The van der Waals surface area contributed by atoms with E-state index in [1.807, 2.05) is 0 Å². The number of hydrogen-bond donors (Lipinski definition) is 1. The summed E-state index contributed by atoms with van der Waals surface area (Å²) in [5.74, 6) is -0.753. The summed E-state index contributed by atoms with van der Waals surface area (Å²) in [6.45, 7) is 0.165. The highest BCUT2D eigenvalue weighted by Crippen LogP contribution is 2.21. The molecule has 0 bridgehead atoms. The molecule has 3 aromatic heterocycles. The molecule has 3 aromatic rings. The van der Waals surface area contributed by atoms with E-state index < -0.39 is 5.97 Å². The van der Waals surface area contributed by atoms with Crippen molar-refractivity contribution in [1.29, 1.82) is 0 Å². The normalized spacial score (nSPS) is 10.7. The highest BCUT2D eigenvalue weighted by molar-refractivity contribution is 5.92. The van der Waals surface area contributed by atoms with E-state index in [-0.39, 0.29) is 12.2 Å². The molecule has 0 aliphatic carbocycles. The van der Waals surface area contributed by atoms with Crippen molar-refractivity contribution in [2.45, 2.75) is 6.54 Å². The molecule has 0 aromatic carbocycles. The number of nitrogens with zero attached hydrogens (tertiary/aromatic N) is 8. The Balaban J connectivity index is 2.07. The molecular weight excluding hydrogens is 276 g/mol. The van der Waals surface area contributed by atoms with E-state index in [4.69, 9.17) is 0 Å².